The Bertz CT molecular complexity index is 1290. The van der Waals surface area contributed by atoms with Gasteiger partial charge in [-0.1, -0.05) is 73.1 Å². The molecule has 0 aliphatic carbocycles. The van der Waals surface area contributed by atoms with E-state index in [-0.39, 0.29) is 5.91 Å². The van der Waals surface area contributed by atoms with Crippen LogP contribution < -0.4 is 4.90 Å². The van der Waals surface area contributed by atoms with Gasteiger partial charge in [-0.15, -0.1) is 0 Å². The van der Waals surface area contributed by atoms with Gasteiger partial charge < -0.3 is 4.74 Å². The monoisotopic (exact) mass is 488 g/mol. The Labute approximate surface area is 194 Å². The fourth-order valence-corrected chi connectivity index (χ4v) is 4.43. The molecular formula is C26H21BrN2O3. The van der Waals surface area contributed by atoms with Gasteiger partial charge in [-0.3, -0.25) is 9.59 Å². The normalized spacial score (nSPS) is 19.9. The van der Waals surface area contributed by atoms with Gasteiger partial charge in [0.15, 0.2) is 5.90 Å². The highest BCUT2D eigenvalue weighted by Crippen LogP contribution is 2.49. The third kappa shape index (κ3) is 2.93. The zero-order valence-corrected chi connectivity index (χ0v) is 19.5. The Morgan fingerprint density at radius 2 is 1.50 bits per heavy atom. The smallest absolute Gasteiger partial charge is 0.287 e. The summed E-state index contributed by atoms with van der Waals surface area (Å²) in [7, 11) is 0. The number of hydrogen-bond donors (Lipinski definition) is 0. The summed E-state index contributed by atoms with van der Waals surface area (Å²) in [5.41, 5.74) is 0.778. The number of benzene rings is 3. The average Bonchev–Trinajstić information content (AvgIpc) is 2.78. The number of amides is 2. The number of para-hydroxylation sites is 1. The minimum atomic E-state index is -1.52. The van der Waals surface area contributed by atoms with E-state index in [4.69, 9.17) is 9.73 Å². The minimum absolute atomic E-state index is 0.376. The topological polar surface area (TPSA) is 59.0 Å². The van der Waals surface area contributed by atoms with Crippen LogP contribution in [0, 0.1) is 5.41 Å². The van der Waals surface area contributed by atoms with Crippen LogP contribution in [-0.2, 0) is 15.1 Å². The molecule has 2 heterocycles. The molecule has 2 amide bonds. The Kier molecular flexibility index (Phi) is 4.60. The predicted molar refractivity (Wildman–Crippen MR) is 127 cm³/mol. The first kappa shape index (κ1) is 20.6. The van der Waals surface area contributed by atoms with Crippen LogP contribution in [0.15, 0.2) is 82.3 Å². The summed E-state index contributed by atoms with van der Waals surface area (Å²) in [6.07, 6.45) is 0. The predicted octanol–water partition coefficient (Wildman–Crippen LogP) is 5.99. The number of carbonyl (C=O) groups is 2. The zero-order chi connectivity index (χ0) is 22.7. The van der Waals surface area contributed by atoms with Gasteiger partial charge in [-0.25, -0.2) is 9.89 Å². The molecule has 0 bridgehead atoms. The Balaban J connectivity index is 1.83. The van der Waals surface area contributed by atoms with E-state index < -0.39 is 16.9 Å². The van der Waals surface area contributed by atoms with Crippen molar-refractivity contribution in [3.05, 3.63) is 94.0 Å². The summed E-state index contributed by atoms with van der Waals surface area (Å²) in [6.45, 7) is 5.97. The number of imide groups is 1. The van der Waals surface area contributed by atoms with Gasteiger partial charge in [0, 0.05) is 26.6 Å². The number of nitrogens with zero attached hydrogens (tertiary/aromatic N) is 2. The molecule has 6 heteroatoms. The molecular weight excluding hydrogens is 468 g/mol. The molecule has 3 aromatic carbocycles. The van der Waals surface area contributed by atoms with Crippen LogP contribution in [0.4, 0.5) is 11.4 Å². The molecule has 5 rings (SSSR count). The highest BCUT2D eigenvalue weighted by molar-refractivity contribution is 9.10. The molecule has 3 aromatic rings. The van der Waals surface area contributed by atoms with Gasteiger partial charge >= 0.3 is 0 Å². The summed E-state index contributed by atoms with van der Waals surface area (Å²) in [5.74, 6) is -0.378. The van der Waals surface area contributed by atoms with Crippen LogP contribution in [0.5, 0.6) is 0 Å². The molecule has 0 N–H and O–H groups in total. The molecule has 2 aliphatic rings. The fraction of sp³-hybridized carbons (Fsp3) is 0.192. The maximum atomic E-state index is 14.3. The minimum Gasteiger partial charge on any atom is -0.454 e. The van der Waals surface area contributed by atoms with Crippen molar-refractivity contribution in [3.8, 4) is 0 Å². The zero-order valence-electron chi connectivity index (χ0n) is 17.9. The second kappa shape index (κ2) is 7.14. The average molecular weight is 489 g/mol. The molecule has 1 atom stereocenters. The van der Waals surface area contributed by atoms with Gasteiger partial charge in [0.05, 0.1) is 11.4 Å². The molecule has 160 valence electrons. The third-order valence-corrected chi connectivity index (χ3v) is 6.25. The van der Waals surface area contributed by atoms with Crippen LogP contribution in [-0.4, -0.2) is 17.7 Å². The number of ether oxygens (including phenoxy) is 1. The van der Waals surface area contributed by atoms with Crippen molar-refractivity contribution in [2.24, 2.45) is 10.4 Å². The first-order chi connectivity index (χ1) is 15.2. The van der Waals surface area contributed by atoms with Crippen molar-refractivity contribution in [1.82, 2.24) is 0 Å². The Morgan fingerprint density at radius 1 is 0.875 bits per heavy atom. The summed E-state index contributed by atoms with van der Waals surface area (Å²) < 4.78 is 7.42. The summed E-state index contributed by atoms with van der Waals surface area (Å²) in [6, 6.07) is 21.7. The standard InChI is InChI=1S/C26H21BrN2O3/c1-25(2,3)23-28-21-11-7-6-10-20(21)26(32-23)19-9-5-4-8-18(19)22(30)29(24(26)31)17-14-12-16(27)13-15-17/h4-15H,1-3H3. The molecule has 5 nitrogen and oxygen atoms in total. The lowest BCUT2D eigenvalue weighted by atomic mass is 9.77. The maximum Gasteiger partial charge on any atom is 0.287 e. The summed E-state index contributed by atoms with van der Waals surface area (Å²) in [5, 5.41) is 0. The third-order valence-electron chi connectivity index (χ3n) is 5.73. The van der Waals surface area contributed by atoms with Crippen molar-refractivity contribution in [2.45, 2.75) is 26.4 Å². The second-order valence-corrected chi connectivity index (χ2v) is 9.85. The van der Waals surface area contributed by atoms with Crippen LogP contribution in [0.1, 0.15) is 42.3 Å². The molecule has 1 unspecified atom stereocenters. The highest BCUT2D eigenvalue weighted by Gasteiger charge is 2.58. The lowest BCUT2D eigenvalue weighted by Gasteiger charge is -2.45. The number of fused-ring (bicyclic) bond motifs is 4. The Morgan fingerprint density at radius 3 is 2.19 bits per heavy atom. The van der Waals surface area contributed by atoms with E-state index in [2.05, 4.69) is 15.9 Å². The highest BCUT2D eigenvalue weighted by atomic mass is 79.9. The van der Waals surface area contributed by atoms with Crippen molar-refractivity contribution < 1.29 is 14.3 Å². The van der Waals surface area contributed by atoms with E-state index in [1.165, 1.54) is 4.90 Å². The van der Waals surface area contributed by atoms with E-state index in [0.717, 1.165) is 4.47 Å². The number of aliphatic imine (C=N–C) groups is 1. The van der Waals surface area contributed by atoms with E-state index in [1.807, 2.05) is 51.1 Å². The van der Waals surface area contributed by atoms with Crippen LogP contribution in [0.3, 0.4) is 0 Å². The number of halogens is 1. The molecule has 0 radical (unpaired) electrons. The van der Waals surface area contributed by atoms with E-state index >= 15 is 0 Å². The van der Waals surface area contributed by atoms with Crippen molar-refractivity contribution in [3.63, 3.8) is 0 Å². The van der Waals surface area contributed by atoms with Gasteiger partial charge in [-0.2, -0.15) is 0 Å². The van der Waals surface area contributed by atoms with Gasteiger partial charge in [-0.05, 0) is 36.4 Å². The van der Waals surface area contributed by atoms with Crippen LogP contribution in [0.25, 0.3) is 0 Å². The van der Waals surface area contributed by atoms with E-state index in [1.54, 1.807) is 42.5 Å². The lowest BCUT2D eigenvalue weighted by molar-refractivity contribution is -0.133. The maximum absolute atomic E-state index is 14.3. The molecule has 32 heavy (non-hydrogen) atoms. The quantitative estimate of drug-likeness (QED) is 0.395. The SMILES string of the molecule is CC(C)(C)C1=Nc2ccccc2C2(O1)C(=O)N(c1ccc(Br)cc1)C(=O)c1ccccc12. The van der Waals surface area contributed by atoms with Gasteiger partial charge in [0.2, 0.25) is 5.60 Å². The largest absolute Gasteiger partial charge is 0.454 e. The molecule has 1 spiro atoms. The lowest BCUT2D eigenvalue weighted by Crippen LogP contribution is -2.58. The van der Waals surface area contributed by atoms with Crippen molar-refractivity contribution in [2.75, 3.05) is 4.90 Å². The van der Waals surface area contributed by atoms with E-state index in [9.17, 15) is 9.59 Å². The molecule has 0 aromatic heterocycles. The first-order valence-electron chi connectivity index (χ1n) is 10.3. The molecule has 0 saturated heterocycles. The molecule has 2 aliphatic heterocycles. The number of anilines is 1. The Hall–Kier alpha value is -3.25. The number of hydrogen-bond acceptors (Lipinski definition) is 4. The van der Waals surface area contributed by atoms with Crippen molar-refractivity contribution >= 4 is 45.0 Å². The molecule has 0 saturated carbocycles. The van der Waals surface area contributed by atoms with Crippen LogP contribution >= 0.6 is 15.9 Å². The summed E-state index contributed by atoms with van der Waals surface area (Å²) >= 11 is 3.42. The second-order valence-electron chi connectivity index (χ2n) is 8.94. The van der Waals surface area contributed by atoms with Crippen LogP contribution in [0.2, 0.25) is 0 Å². The first-order valence-corrected chi connectivity index (χ1v) is 11.1. The fourth-order valence-electron chi connectivity index (χ4n) is 4.17. The van der Waals surface area contributed by atoms with E-state index in [0.29, 0.717) is 34.0 Å². The molecule has 0 fully saturated rings. The number of carbonyl (C=O) groups excluding carboxylic acids is 2. The van der Waals surface area contributed by atoms with Gasteiger partial charge in [0.25, 0.3) is 11.8 Å². The number of rotatable bonds is 1. The van der Waals surface area contributed by atoms with Gasteiger partial charge in [0.1, 0.15) is 0 Å². The van der Waals surface area contributed by atoms with Crippen molar-refractivity contribution in [1.29, 1.82) is 0 Å². The summed E-state index contributed by atoms with van der Waals surface area (Å²) in [4.78, 5) is 33.8.